The molecule has 1 atom stereocenters. The van der Waals surface area contributed by atoms with Crippen LogP contribution in [0.3, 0.4) is 0 Å². The van der Waals surface area contributed by atoms with Crippen molar-refractivity contribution in [2.24, 2.45) is 7.05 Å². The van der Waals surface area contributed by atoms with Crippen molar-refractivity contribution in [1.29, 1.82) is 0 Å². The molecule has 5 nitrogen and oxygen atoms in total. The summed E-state index contributed by atoms with van der Waals surface area (Å²) in [5.74, 6) is 0.195. The van der Waals surface area contributed by atoms with Gasteiger partial charge in [0.05, 0.1) is 18.7 Å². The van der Waals surface area contributed by atoms with Crippen molar-refractivity contribution in [3.05, 3.63) is 54.0 Å². The van der Waals surface area contributed by atoms with Crippen molar-refractivity contribution in [2.75, 3.05) is 6.54 Å². The maximum absolute atomic E-state index is 12.8. The number of nitrogens with one attached hydrogen (secondary N) is 1. The van der Waals surface area contributed by atoms with Crippen LogP contribution >= 0.6 is 0 Å². The number of benzene rings is 1. The molecule has 0 radical (unpaired) electrons. The average Bonchev–Trinajstić information content (AvgIpc) is 3.26. The molecule has 5 heteroatoms. The van der Waals surface area contributed by atoms with Crippen molar-refractivity contribution < 1.29 is 4.79 Å². The number of carbonyl (C=O) groups excluding carboxylic acids is 1. The minimum absolute atomic E-state index is 0.168. The van der Waals surface area contributed by atoms with Gasteiger partial charge in [-0.05, 0) is 24.5 Å². The van der Waals surface area contributed by atoms with Crippen LogP contribution in [0.2, 0.25) is 0 Å². The maximum atomic E-state index is 12.8. The van der Waals surface area contributed by atoms with Crippen LogP contribution in [0.5, 0.6) is 0 Å². The number of amides is 1. The van der Waals surface area contributed by atoms with E-state index in [4.69, 9.17) is 0 Å². The Kier molecular flexibility index (Phi) is 3.41. The van der Waals surface area contributed by atoms with Gasteiger partial charge in [-0.3, -0.25) is 9.48 Å². The third kappa shape index (κ3) is 2.52. The van der Waals surface area contributed by atoms with Crippen LogP contribution in [0, 0.1) is 0 Å². The number of hydrogen-bond acceptors (Lipinski definition) is 2. The molecule has 1 fully saturated rings. The van der Waals surface area contributed by atoms with Crippen LogP contribution in [0.15, 0.2) is 42.9 Å². The first-order chi connectivity index (χ1) is 11.2. The van der Waals surface area contributed by atoms with E-state index in [0.717, 1.165) is 41.4 Å². The minimum Gasteiger partial charge on any atom is -0.361 e. The standard InChI is InChI=1S/C18H20N4O/c1-21-12-14(11-20-21)17-7-4-8-22(17)18(23)9-13-10-19-16-6-3-2-5-15(13)16/h2-3,5-6,10-12,17,19H,4,7-9H2,1H3. The van der Waals surface area contributed by atoms with Gasteiger partial charge in [-0.25, -0.2) is 0 Å². The second-order valence-corrected chi connectivity index (χ2v) is 6.23. The smallest absolute Gasteiger partial charge is 0.227 e. The molecule has 0 saturated carbocycles. The van der Waals surface area contributed by atoms with E-state index in [1.54, 1.807) is 4.68 Å². The summed E-state index contributed by atoms with van der Waals surface area (Å²) in [4.78, 5) is 18.1. The highest BCUT2D eigenvalue weighted by Gasteiger charge is 2.30. The van der Waals surface area contributed by atoms with Crippen LogP contribution < -0.4 is 0 Å². The molecular weight excluding hydrogens is 288 g/mol. The lowest BCUT2D eigenvalue weighted by Crippen LogP contribution is -2.31. The maximum Gasteiger partial charge on any atom is 0.227 e. The molecule has 1 unspecified atom stereocenters. The van der Waals surface area contributed by atoms with Gasteiger partial charge in [-0.15, -0.1) is 0 Å². The number of rotatable bonds is 3. The summed E-state index contributed by atoms with van der Waals surface area (Å²) in [5.41, 5.74) is 3.29. The van der Waals surface area contributed by atoms with Gasteiger partial charge in [0, 0.05) is 42.5 Å². The molecule has 0 aliphatic carbocycles. The fourth-order valence-electron chi connectivity index (χ4n) is 3.57. The molecular formula is C18H20N4O. The van der Waals surface area contributed by atoms with Gasteiger partial charge < -0.3 is 9.88 Å². The Bertz CT molecular complexity index is 847. The number of aryl methyl sites for hydroxylation is 1. The molecule has 3 heterocycles. The molecule has 1 saturated heterocycles. The van der Waals surface area contributed by atoms with E-state index in [2.05, 4.69) is 16.1 Å². The van der Waals surface area contributed by atoms with E-state index in [1.807, 2.05) is 48.7 Å². The summed E-state index contributed by atoms with van der Waals surface area (Å²) in [6.45, 7) is 0.834. The molecule has 1 amide bonds. The van der Waals surface area contributed by atoms with Crippen LogP contribution in [-0.4, -0.2) is 32.1 Å². The van der Waals surface area contributed by atoms with Crippen molar-refractivity contribution in [3.8, 4) is 0 Å². The SMILES string of the molecule is Cn1cc(C2CCCN2C(=O)Cc2c[nH]c3ccccc23)cn1. The van der Waals surface area contributed by atoms with Crippen LogP contribution in [0.1, 0.15) is 30.0 Å². The zero-order chi connectivity index (χ0) is 15.8. The van der Waals surface area contributed by atoms with E-state index >= 15 is 0 Å². The minimum atomic E-state index is 0.168. The van der Waals surface area contributed by atoms with Gasteiger partial charge in [-0.1, -0.05) is 18.2 Å². The third-order valence-corrected chi connectivity index (χ3v) is 4.70. The summed E-state index contributed by atoms with van der Waals surface area (Å²) in [5, 5.41) is 5.38. The number of hydrogen-bond donors (Lipinski definition) is 1. The Morgan fingerprint density at radius 2 is 2.26 bits per heavy atom. The van der Waals surface area contributed by atoms with Gasteiger partial charge in [-0.2, -0.15) is 5.10 Å². The topological polar surface area (TPSA) is 53.9 Å². The molecule has 1 aliphatic rings. The number of carbonyl (C=O) groups is 1. The Morgan fingerprint density at radius 1 is 1.39 bits per heavy atom. The van der Waals surface area contributed by atoms with Gasteiger partial charge in [0.1, 0.15) is 0 Å². The molecule has 4 rings (SSSR count). The molecule has 118 valence electrons. The van der Waals surface area contributed by atoms with Crippen molar-refractivity contribution in [1.82, 2.24) is 19.7 Å². The number of H-pyrrole nitrogens is 1. The lowest BCUT2D eigenvalue weighted by atomic mass is 10.1. The summed E-state index contributed by atoms with van der Waals surface area (Å²) >= 11 is 0. The second kappa shape index (κ2) is 5.57. The number of aromatic nitrogens is 3. The summed E-state index contributed by atoms with van der Waals surface area (Å²) < 4.78 is 1.80. The molecule has 3 aromatic rings. The Morgan fingerprint density at radius 3 is 3.09 bits per heavy atom. The normalized spacial score (nSPS) is 18.0. The first-order valence-corrected chi connectivity index (χ1v) is 8.05. The lowest BCUT2D eigenvalue weighted by molar-refractivity contribution is -0.131. The lowest BCUT2D eigenvalue weighted by Gasteiger charge is -2.24. The van der Waals surface area contributed by atoms with E-state index in [1.165, 1.54) is 0 Å². The predicted octanol–water partition coefficient (Wildman–Crippen LogP) is 2.81. The molecule has 23 heavy (non-hydrogen) atoms. The fourth-order valence-corrected chi connectivity index (χ4v) is 3.57. The van der Waals surface area contributed by atoms with Crippen LogP contribution in [-0.2, 0) is 18.3 Å². The van der Waals surface area contributed by atoms with E-state index in [0.29, 0.717) is 6.42 Å². The third-order valence-electron chi connectivity index (χ3n) is 4.70. The highest BCUT2D eigenvalue weighted by atomic mass is 16.2. The van der Waals surface area contributed by atoms with Crippen molar-refractivity contribution in [3.63, 3.8) is 0 Å². The summed E-state index contributed by atoms with van der Waals surface area (Å²) in [6, 6.07) is 8.29. The van der Waals surface area contributed by atoms with Crippen LogP contribution in [0.25, 0.3) is 10.9 Å². The first kappa shape index (κ1) is 14.1. The van der Waals surface area contributed by atoms with E-state index < -0.39 is 0 Å². The molecule has 1 N–H and O–H groups in total. The molecule has 1 aliphatic heterocycles. The Labute approximate surface area is 134 Å². The number of nitrogens with zero attached hydrogens (tertiary/aromatic N) is 3. The van der Waals surface area contributed by atoms with Gasteiger partial charge >= 0.3 is 0 Å². The second-order valence-electron chi connectivity index (χ2n) is 6.23. The highest BCUT2D eigenvalue weighted by molar-refractivity contribution is 5.89. The van der Waals surface area contributed by atoms with Gasteiger partial charge in [0.2, 0.25) is 5.91 Å². The van der Waals surface area contributed by atoms with Crippen LogP contribution in [0.4, 0.5) is 0 Å². The van der Waals surface area contributed by atoms with Gasteiger partial charge in [0.15, 0.2) is 0 Å². The van der Waals surface area contributed by atoms with E-state index in [9.17, 15) is 4.79 Å². The zero-order valence-corrected chi connectivity index (χ0v) is 13.2. The molecule has 0 bridgehead atoms. The quantitative estimate of drug-likeness (QED) is 0.809. The van der Waals surface area contributed by atoms with E-state index in [-0.39, 0.29) is 11.9 Å². The van der Waals surface area contributed by atoms with Crippen molar-refractivity contribution in [2.45, 2.75) is 25.3 Å². The predicted molar refractivity (Wildman–Crippen MR) is 88.9 cm³/mol. The molecule has 1 aromatic carbocycles. The Balaban J connectivity index is 1.56. The number of para-hydroxylation sites is 1. The number of aromatic amines is 1. The largest absolute Gasteiger partial charge is 0.361 e. The monoisotopic (exact) mass is 308 g/mol. The Hall–Kier alpha value is -2.56. The zero-order valence-electron chi connectivity index (χ0n) is 13.2. The number of likely N-dealkylation sites (tertiary alicyclic amines) is 1. The van der Waals surface area contributed by atoms with Gasteiger partial charge in [0.25, 0.3) is 0 Å². The highest BCUT2D eigenvalue weighted by Crippen LogP contribution is 2.32. The summed E-state index contributed by atoms with van der Waals surface area (Å²) in [7, 11) is 1.91. The number of fused-ring (bicyclic) bond motifs is 1. The molecule has 2 aromatic heterocycles. The molecule has 0 spiro atoms. The first-order valence-electron chi connectivity index (χ1n) is 8.05. The fraction of sp³-hybridized carbons (Fsp3) is 0.333. The average molecular weight is 308 g/mol. The summed E-state index contributed by atoms with van der Waals surface area (Å²) in [6.07, 6.45) is 8.37. The van der Waals surface area contributed by atoms with Crippen molar-refractivity contribution >= 4 is 16.8 Å².